The first-order chi connectivity index (χ1) is 12.7. The minimum absolute atomic E-state index is 0.0851. The van der Waals surface area contributed by atoms with Gasteiger partial charge in [0.05, 0.1) is 20.6 Å². The number of carbonyl (C=O) groups excluding carboxylic acids is 1. The highest BCUT2D eigenvalue weighted by Crippen LogP contribution is 2.32. The number of nitrogens with two attached hydrogens (primary N) is 1. The third-order valence-corrected chi connectivity index (χ3v) is 3.99. The van der Waals surface area contributed by atoms with E-state index in [0.29, 0.717) is 17.0 Å². The second kappa shape index (κ2) is 10.9. The summed E-state index contributed by atoms with van der Waals surface area (Å²) in [7, 11) is 0. The zero-order valence-corrected chi connectivity index (χ0v) is 16.7. The second-order valence-electron chi connectivity index (χ2n) is 4.58. The van der Waals surface area contributed by atoms with Gasteiger partial charge in [0.15, 0.2) is 5.69 Å². The minimum atomic E-state index is -1.18. The van der Waals surface area contributed by atoms with Gasteiger partial charge in [-0.05, 0) is 24.3 Å². The molecule has 0 aliphatic rings. The SMILES string of the molecule is CCC#Cc1c(OC(N)=O)ccc(Cl)c1Cl.O=C(O)c1nc(Cl)ccc1Cl. The topological polar surface area (TPSA) is 103 Å². The highest BCUT2D eigenvalue weighted by Gasteiger charge is 2.12. The molecule has 2 rings (SSSR count). The Morgan fingerprint density at radius 2 is 1.78 bits per heavy atom. The monoisotopic (exact) mass is 448 g/mol. The van der Waals surface area contributed by atoms with Gasteiger partial charge in [-0.25, -0.2) is 14.6 Å². The largest absolute Gasteiger partial charge is 0.476 e. The van der Waals surface area contributed by atoms with Crippen LogP contribution in [0.1, 0.15) is 29.4 Å². The van der Waals surface area contributed by atoms with Crippen molar-refractivity contribution in [3.8, 4) is 17.6 Å². The quantitative estimate of drug-likeness (QED) is 0.478. The number of halogens is 4. The molecule has 0 fully saturated rings. The molecule has 142 valence electrons. The average molecular weight is 450 g/mol. The van der Waals surface area contributed by atoms with E-state index < -0.39 is 12.1 Å². The lowest BCUT2D eigenvalue weighted by Crippen LogP contribution is -2.16. The van der Waals surface area contributed by atoms with Gasteiger partial charge in [0.2, 0.25) is 0 Å². The Balaban J connectivity index is 0.000000289. The van der Waals surface area contributed by atoms with Crippen molar-refractivity contribution in [2.45, 2.75) is 13.3 Å². The molecule has 0 saturated carbocycles. The fraction of sp³-hybridized carbons (Fsp3) is 0.118. The Bertz CT molecular complexity index is 923. The van der Waals surface area contributed by atoms with E-state index in [0.717, 1.165) is 0 Å². The third-order valence-electron chi connectivity index (χ3n) is 2.67. The second-order valence-corrected chi connectivity index (χ2v) is 6.16. The number of hydrogen-bond donors (Lipinski definition) is 2. The number of nitrogens with zero attached hydrogens (tertiary/aromatic N) is 1. The summed E-state index contributed by atoms with van der Waals surface area (Å²) in [6, 6.07) is 5.83. The van der Waals surface area contributed by atoms with Crippen molar-refractivity contribution < 1.29 is 19.4 Å². The molecule has 1 amide bonds. The van der Waals surface area contributed by atoms with Crippen LogP contribution in [0.5, 0.6) is 5.75 Å². The molecular weight excluding hydrogens is 438 g/mol. The molecule has 6 nitrogen and oxygen atoms in total. The molecule has 1 heterocycles. The molecule has 1 aromatic carbocycles. The summed E-state index contributed by atoms with van der Waals surface area (Å²) < 4.78 is 4.77. The summed E-state index contributed by atoms with van der Waals surface area (Å²) in [5.41, 5.74) is 5.07. The highest BCUT2D eigenvalue weighted by atomic mass is 35.5. The van der Waals surface area contributed by atoms with Gasteiger partial charge in [-0.15, -0.1) is 0 Å². The van der Waals surface area contributed by atoms with Crippen molar-refractivity contribution in [3.05, 3.63) is 55.7 Å². The predicted octanol–water partition coefficient (Wildman–Crippen LogP) is 5.30. The predicted molar refractivity (Wildman–Crippen MR) is 105 cm³/mol. The standard InChI is InChI=1S/C11H9Cl2NO2.C6H3Cl2NO2/c1-2-3-4-7-9(16-11(14)15)6-5-8(12)10(7)13;7-3-1-2-4(8)9-5(3)6(10)11/h5-6H,2H2,1H3,(H2,14,15);1-2H,(H,10,11). The van der Waals surface area contributed by atoms with Crippen molar-refractivity contribution in [3.63, 3.8) is 0 Å². The number of amides is 1. The van der Waals surface area contributed by atoms with Gasteiger partial charge in [0.25, 0.3) is 0 Å². The summed E-state index contributed by atoms with van der Waals surface area (Å²) in [5, 5.41) is 9.28. The van der Waals surface area contributed by atoms with Crippen LogP contribution in [0.25, 0.3) is 0 Å². The number of pyridine rings is 1. The van der Waals surface area contributed by atoms with Crippen molar-refractivity contribution in [1.82, 2.24) is 4.98 Å². The van der Waals surface area contributed by atoms with Crippen LogP contribution in [0.15, 0.2) is 24.3 Å². The maximum atomic E-state index is 10.7. The van der Waals surface area contributed by atoms with Crippen LogP contribution in [0, 0.1) is 11.8 Å². The van der Waals surface area contributed by atoms with Gasteiger partial charge >= 0.3 is 12.1 Å². The molecule has 0 spiro atoms. The van der Waals surface area contributed by atoms with Gasteiger partial charge < -0.3 is 15.6 Å². The fourth-order valence-electron chi connectivity index (χ4n) is 1.59. The van der Waals surface area contributed by atoms with E-state index in [4.69, 9.17) is 62.0 Å². The number of aromatic nitrogens is 1. The van der Waals surface area contributed by atoms with Crippen LogP contribution in [0.4, 0.5) is 4.79 Å². The summed E-state index contributed by atoms with van der Waals surface area (Å²) >= 11 is 22.7. The van der Waals surface area contributed by atoms with Crippen molar-refractivity contribution in [2.24, 2.45) is 5.73 Å². The van der Waals surface area contributed by atoms with Crippen LogP contribution in [0.3, 0.4) is 0 Å². The van der Waals surface area contributed by atoms with Crippen molar-refractivity contribution >= 4 is 58.5 Å². The van der Waals surface area contributed by atoms with E-state index in [2.05, 4.69) is 16.8 Å². The average Bonchev–Trinajstić information content (AvgIpc) is 2.60. The molecule has 0 aliphatic heterocycles. The molecule has 3 N–H and O–H groups in total. The Morgan fingerprint density at radius 3 is 2.30 bits per heavy atom. The highest BCUT2D eigenvalue weighted by molar-refractivity contribution is 6.42. The number of carboxylic acid groups (broad SMARTS) is 1. The van der Waals surface area contributed by atoms with Crippen molar-refractivity contribution in [1.29, 1.82) is 0 Å². The van der Waals surface area contributed by atoms with Gasteiger partial charge in [-0.1, -0.05) is 65.2 Å². The molecule has 0 bridgehead atoms. The Morgan fingerprint density at radius 1 is 1.15 bits per heavy atom. The number of aromatic carboxylic acids is 1. The minimum Gasteiger partial charge on any atom is -0.476 e. The zero-order chi connectivity index (χ0) is 20.6. The molecule has 0 aliphatic carbocycles. The van der Waals surface area contributed by atoms with E-state index >= 15 is 0 Å². The van der Waals surface area contributed by atoms with Gasteiger partial charge in [0, 0.05) is 6.42 Å². The lowest BCUT2D eigenvalue weighted by molar-refractivity contribution is 0.0690. The van der Waals surface area contributed by atoms with Crippen LogP contribution in [0.2, 0.25) is 20.2 Å². The normalized spacial score (nSPS) is 9.37. The van der Waals surface area contributed by atoms with Crippen LogP contribution < -0.4 is 10.5 Å². The first-order valence-electron chi connectivity index (χ1n) is 7.16. The van der Waals surface area contributed by atoms with Crippen LogP contribution in [-0.4, -0.2) is 22.2 Å². The number of rotatable bonds is 2. The Labute approximate surface area is 175 Å². The smallest absolute Gasteiger partial charge is 0.410 e. The van der Waals surface area contributed by atoms with E-state index in [1.54, 1.807) is 0 Å². The van der Waals surface area contributed by atoms with Crippen LogP contribution in [-0.2, 0) is 0 Å². The number of hydrogen-bond acceptors (Lipinski definition) is 4. The first kappa shape index (κ1) is 22.9. The molecule has 0 atom stereocenters. The van der Waals surface area contributed by atoms with Gasteiger partial charge in [-0.2, -0.15) is 0 Å². The molecule has 27 heavy (non-hydrogen) atoms. The summed E-state index contributed by atoms with van der Waals surface area (Å²) in [5.74, 6) is 4.63. The molecule has 0 saturated heterocycles. The maximum Gasteiger partial charge on any atom is 0.410 e. The number of primary amides is 1. The summed E-state index contributed by atoms with van der Waals surface area (Å²) in [6.07, 6.45) is -0.267. The molecule has 0 unspecified atom stereocenters. The zero-order valence-electron chi connectivity index (χ0n) is 13.7. The summed E-state index contributed by atoms with van der Waals surface area (Å²) in [4.78, 5) is 24.5. The molecule has 10 heteroatoms. The maximum absolute atomic E-state index is 10.7. The van der Waals surface area contributed by atoms with E-state index in [-0.39, 0.29) is 26.6 Å². The van der Waals surface area contributed by atoms with Gasteiger partial charge in [0.1, 0.15) is 10.9 Å². The molecule has 0 radical (unpaired) electrons. The Hall–Kier alpha value is -2.17. The molecular formula is C17H12Cl4N2O4. The third kappa shape index (κ3) is 7.16. The molecule has 1 aromatic heterocycles. The van der Waals surface area contributed by atoms with E-state index in [9.17, 15) is 9.59 Å². The lowest BCUT2D eigenvalue weighted by atomic mass is 10.2. The number of carboxylic acids is 1. The van der Waals surface area contributed by atoms with E-state index in [1.807, 2.05) is 6.92 Å². The summed E-state index contributed by atoms with van der Waals surface area (Å²) in [6.45, 7) is 1.89. The molecule has 2 aromatic rings. The fourth-order valence-corrected chi connectivity index (χ4v) is 2.28. The van der Waals surface area contributed by atoms with Crippen molar-refractivity contribution in [2.75, 3.05) is 0 Å². The number of ether oxygens (including phenoxy) is 1. The number of benzene rings is 1. The van der Waals surface area contributed by atoms with E-state index in [1.165, 1.54) is 24.3 Å². The van der Waals surface area contributed by atoms with Gasteiger partial charge in [-0.3, -0.25) is 0 Å². The first-order valence-corrected chi connectivity index (χ1v) is 8.68. The lowest BCUT2D eigenvalue weighted by Gasteiger charge is -2.06. The number of carbonyl (C=O) groups is 2. The van der Waals surface area contributed by atoms with Crippen LogP contribution >= 0.6 is 46.4 Å². The Kier molecular flexibility index (Phi) is 9.19.